The van der Waals surface area contributed by atoms with Crippen LogP contribution in [0.5, 0.6) is 0 Å². The molecule has 0 aliphatic rings. The molecule has 0 bridgehead atoms. The average molecular weight is 356 g/mol. The first-order chi connectivity index (χ1) is 11.9. The molecule has 2 aromatic carbocycles. The second kappa shape index (κ2) is 6.48. The Bertz CT molecular complexity index is 1040. The molecular weight excluding hydrogens is 340 g/mol. The Kier molecular flexibility index (Phi) is 4.37. The molecule has 25 heavy (non-hydrogen) atoms. The summed E-state index contributed by atoms with van der Waals surface area (Å²) < 4.78 is 28.0. The van der Waals surface area contributed by atoms with E-state index >= 15 is 0 Å². The van der Waals surface area contributed by atoms with Gasteiger partial charge in [-0.2, -0.15) is 0 Å². The van der Waals surface area contributed by atoms with Gasteiger partial charge in [-0.25, -0.2) is 8.42 Å². The fraction of sp³-hybridized carbons (Fsp3) is 0.118. The molecule has 0 fully saturated rings. The van der Waals surface area contributed by atoms with E-state index in [0.29, 0.717) is 16.9 Å². The first-order valence-electron chi connectivity index (χ1n) is 7.43. The van der Waals surface area contributed by atoms with Crippen molar-refractivity contribution in [3.05, 3.63) is 59.6 Å². The minimum atomic E-state index is -3.99. The van der Waals surface area contributed by atoms with E-state index in [0.717, 1.165) is 5.39 Å². The fourth-order valence-corrected chi connectivity index (χ4v) is 3.65. The first kappa shape index (κ1) is 16.8. The Morgan fingerprint density at radius 2 is 1.84 bits per heavy atom. The van der Waals surface area contributed by atoms with Crippen molar-refractivity contribution in [2.24, 2.45) is 5.18 Å². The van der Waals surface area contributed by atoms with Gasteiger partial charge in [-0.05, 0) is 35.5 Å². The summed E-state index contributed by atoms with van der Waals surface area (Å²) in [7, 11) is -0.413. The lowest BCUT2D eigenvalue weighted by Gasteiger charge is -2.15. The summed E-state index contributed by atoms with van der Waals surface area (Å²) in [6.45, 7) is 0. The van der Waals surface area contributed by atoms with Gasteiger partial charge in [0.05, 0.1) is 11.2 Å². The number of nitrogens with zero attached hydrogens (tertiary/aromatic N) is 3. The number of hydrogen-bond acceptors (Lipinski definition) is 6. The summed E-state index contributed by atoms with van der Waals surface area (Å²) in [5.74, 6) is 0. The predicted octanol–water partition coefficient (Wildman–Crippen LogP) is 3.50. The molecule has 1 aromatic heterocycles. The molecule has 3 rings (SSSR count). The summed E-state index contributed by atoms with van der Waals surface area (Å²) in [5.41, 5.74) is 1.40. The van der Waals surface area contributed by atoms with E-state index in [1.165, 1.54) is 12.1 Å². The van der Waals surface area contributed by atoms with Crippen molar-refractivity contribution in [3.63, 3.8) is 0 Å². The van der Waals surface area contributed by atoms with E-state index in [-0.39, 0.29) is 10.6 Å². The van der Waals surface area contributed by atoms with Crippen molar-refractivity contribution in [1.29, 1.82) is 0 Å². The highest BCUT2D eigenvalue weighted by molar-refractivity contribution is 7.93. The summed E-state index contributed by atoms with van der Waals surface area (Å²) >= 11 is 0. The topological polar surface area (TPSA) is 91.7 Å². The second-order valence-electron chi connectivity index (χ2n) is 5.62. The lowest BCUT2D eigenvalue weighted by atomic mass is 10.2. The number of anilines is 2. The minimum absolute atomic E-state index is 0.146. The largest absolute Gasteiger partial charge is 0.378 e. The molecule has 8 heteroatoms. The van der Waals surface area contributed by atoms with Gasteiger partial charge in [-0.3, -0.25) is 9.71 Å². The Labute approximate surface area is 145 Å². The van der Waals surface area contributed by atoms with Gasteiger partial charge in [0.1, 0.15) is 10.6 Å². The van der Waals surface area contributed by atoms with Crippen LogP contribution < -0.4 is 9.62 Å². The zero-order valence-corrected chi connectivity index (χ0v) is 14.5. The standard InChI is InChI=1S/C17H16N4O3S/c1-21(2)13-8-9-16(15(11-13)19-22)25(23,24)20-14-7-3-5-12-6-4-10-18-17(12)14/h3-11,20H,1-2H3. The Morgan fingerprint density at radius 3 is 2.56 bits per heavy atom. The number of benzene rings is 2. The molecule has 0 aliphatic heterocycles. The second-order valence-corrected chi connectivity index (χ2v) is 7.27. The van der Waals surface area contributed by atoms with Crippen molar-refractivity contribution in [2.45, 2.75) is 4.90 Å². The first-order valence-corrected chi connectivity index (χ1v) is 8.92. The number of aromatic nitrogens is 1. The molecule has 0 amide bonds. The zero-order valence-electron chi connectivity index (χ0n) is 13.7. The minimum Gasteiger partial charge on any atom is -0.378 e. The summed E-state index contributed by atoms with van der Waals surface area (Å²) in [6.07, 6.45) is 1.59. The normalized spacial score (nSPS) is 11.3. The Hall–Kier alpha value is -3.00. The maximum absolute atomic E-state index is 12.8. The molecule has 1 heterocycles. The van der Waals surface area contributed by atoms with Crippen LogP contribution in [0.4, 0.5) is 17.1 Å². The van der Waals surface area contributed by atoms with Crippen molar-refractivity contribution in [1.82, 2.24) is 4.98 Å². The molecule has 0 unspecified atom stereocenters. The van der Waals surface area contributed by atoms with Crippen molar-refractivity contribution in [2.75, 3.05) is 23.7 Å². The zero-order chi connectivity index (χ0) is 18.0. The van der Waals surface area contributed by atoms with Crippen molar-refractivity contribution >= 4 is 38.0 Å². The number of pyridine rings is 1. The van der Waals surface area contributed by atoms with E-state index in [1.807, 2.05) is 12.1 Å². The number of nitroso groups, excluding NO2 is 1. The molecule has 0 saturated heterocycles. The van der Waals surface area contributed by atoms with Gasteiger partial charge >= 0.3 is 0 Å². The van der Waals surface area contributed by atoms with Crippen LogP contribution in [0.2, 0.25) is 0 Å². The molecule has 0 aliphatic carbocycles. The third-order valence-corrected chi connectivity index (χ3v) is 5.14. The third-order valence-electron chi connectivity index (χ3n) is 3.72. The number of fused-ring (bicyclic) bond motifs is 1. The summed E-state index contributed by atoms with van der Waals surface area (Å²) in [5, 5.41) is 3.68. The number of hydrogen-bond donors (Lipinski definition) is 1. The SMILES string of the molecule is CN(C)c1ccc(S(=O)(=O)Nc2cccc3cccnc23)c(N=O)c1. The molecule has 3 aromatic rings. The fourth-order valence-electron chi connectivity index (χ4n) is 2.47. The molecule has 1 N–H and O–H groups in total. The Morgan fingerprint density at radius 1 is 1.08 bits per heavy atom. The summed E-state index contributed by atoms with van der Waals surface area (Å²) in [4.78, 5) is 16.9. The molecular formula is C17H16N4O3S. The van der Waals surface area contributed by atoms with Gasteiger partial charge in [0.15, 0.2) is 0 Å². The summed E-state index contributed by atoms with van der Waals surface area (Å²) in [6, 6.07) is 13.2. The molecule has 7 nitrogen and oxygen atoms in total. The van der Waals surface area contributed by atoms with Gasteiger partial charge in [0, 0.05) is 31.4 Å². The average Bonchev–Trinajstić information content (AvgIpc) is 2.61. The van der Waals surface area contributed by atoms with Gasteiger partial charge in [0.25, 0.3) is 10.0 Å². The van der Waals surface area contributed by atoms with E-state index in [4.69, 9.17) is 0 Å². The maximum atomic E-state index is 12.8. The van der Waals surface area contributed by atoms with Crippen LogP contribution in [0.1, 0.15) is 0 Å². The quantitative estimate of drug-likeness (QED) is 0.707. The van der Waals surface area contributed by atoms with Crippen LogP contribution in [-0.4, -0.2) is 27.5 Å². The van der Waals surface area contributed by atoms with Crippen LogP contribution in [0.3, 0.4) is 0 Å². The van der Waals surface area contributed by atoms with Gasteiger partial charge in [-0.1, -0.05) is 18.2 Å². The smallest absolute Gasteiger partial charge is 0.264 e. The molecule has 0 spiro atoms. The van der Waals surface area contributed by atoms with Crippen molar-refractivity contribution < 1.29 is 8.42 Å². The predicted molar refractivity (Wildman–Crippen MR) is 98.8 cm³/mol. The van der Waals surface area contributed by atoms with Crippen LogP contribution in [0.15, 0.2) is 64.8 Å². The van der Waals surface area contributed by atoms with Crippen molar-refractivity contribution in [3.8, 4) is 0 Å². The van der Waals surface area contributed by atoms with E-state index < -0.39 is 10.0 Å². The number of sulfonamides is 1. The number of nitrogens with one attached hydrogen (secondary N) is 1. The third kappa shape index (κ3) is 3.29. The van der Waals surface area contributed by atoms with E-state index in [1.54, 1.807) is 49.5 Å². The van der Waals surface area contributed by atoms with Crippen LogP contribution in [0.25, 0.3) is 10.9 Å². The number of rotatable bonds is 5. The van der Waals surface area contributed by atoms with Gasteiger partial charge in [0.2, 0.25) is 0 Å². The Balaban J connectivity index is 2.06. The maximum Gasteiger partial charge on any atom is 0.264 e. The number of para-hydroxylation sites is 1. The van der Waals surface area contributed by atoms with Crippen LogP contribution >= 0.6 is 0 Å². The van der Waals surface area contributed by atoms with Crippen LogP contribution in [0, 0.1) is 4.91 Å². The lowest BCUT2D eigenvalue weighted by Crippen LogP contribution is -2.14. The highest BCUT2D eigenvalue weighted by Crippen LogP contribution is 2.31. The van der Waals surface area contributed by atoms with E-state index in [2.05, 4.69) is 14.9 Å². The molecule has 0 atom stereocenters. The lowest BCUT2D eigenvalue weighted by molar-refractivity contribution is 0.601. The highest BCUT2D eigenvalue weighted by atomic mass is 32.2. The molecule has 0 saturated carbocycles. The molecule has 128 valence electrons. The molecule has 0 radical (unpaired) electrons. The van der Waals surface area contributed by atoms with Gasteiger partial charge < -0.3 is 4.90 Å². The van der Waals surface area contributed by atoms with E-state index in [9.17, 15) is 13.3 Å². The monoisotopic (exact) mass is 356 g/mol. The highest BCUT2D eigenvalue weighted by Gasteiger charge is 2.21. The van der Waals surface area contributed by atoms with Crippen LogP contribution in [-0.2, 0) is 10.0 Å². The van der Waals surface area contributed by atoms with Gasteiger partial charge in [-0.15, -0.1) is 4.91 Å².